The van der Waals surface area contributed by atoms with Gasteiger partial charge in [0, 0.05) is 25.7 Å². The molecule has 0 aromatic carbocycles. The zero-order valence-electron chi connectivity index (χ0n) is 48.2. The lowest BCUT2D eigenvalue weighted by molar-refractivity contribution is -0.161. The molecule has 19 heteroatoms. The molecule has 0 rings (SSSR count). The Morgan fingerprint density at radius 1 is 0.316 bits per heavy atom. The highest BCUT2D eigenvalue weighted by Gasteiger charge is 2.30. The Morgan fingerprint density at radius 3 is 0.776 bits per heavy atom. The van der Waals surface area contributed by atoms with E-state index in [4.69, 9.17) is 37.0 Å². The Hall–Kier alpha value is -1.94. The molecule has 5 atom stereocenters. The van der Waals surface area contributed by atoms with Crippen LogP contribution in [0.1, 0.15) is 285 Å². The van der Waals surface area contributed by atoms with Crippen LogP contribution in [0.2, 0.25) is 0 Å². The number of rotatable bonds is 58. The Balaban J connectivity index is 5.07. The van der Waals surface area contributed by atoms with Gasteiger partial charge in [-0.25, -0.2) is 9.13 Å². The summed E-state index contributed by atoms with van der Waals surface area (Å²) in [4.78, 5) is 71.5. The van der Waals surface area contributed by atoms with Gasteiger partial charge in [0.1, 0.15) is 19.3 Å². The van der Waals surface area contributed by atoms with Gasteiger partial charge >= 0.3 is 39.5 Å². The number of hydrogen-bond acceptors (Lipinski definition) is 15. The molecule has 0 aromatic rings. The van der Waals surface area contributed by atoms with E-state index in [-0.39, 0.29) is 25.7 Å². The Kier molecular flexibility index (Phi) is 51.1. The van der Waals surface area contributed by atoms with E-state index in [1.165, 1.54) is 89.9 Å². The van der Waals surface area contributed by atoms with Gasteiger partial charge in [0.15, 0.2) is 12.2 Å². The minimum absolute atomic E-state index is 0.103. The zero-order chi connectivity index (χ0) is 56.2. The maximum atomic E-state index is 12.9. The quantitative estimate of drug-likeness (QED) is 0.0222. The van der Waals surface area contributed by atoms with Gasteiger partial charge in [-0.15, -0.1) is 0 Å². The molecule has 3 N–H and O–H groups in total. The number of hydrogen-bond donors (Lipinski definition) is 3. The number of phosphoric acid groups is 2. The number of aliphatic hydroxyl groups is 1. The van der Waals surface area contributed by atoms with Crippen molar-refractivity contribution in [2.45, 2.75) is 303 Å². The summed E-state index contributed by atoms with van der Waals surface area (Å²) in [5.74, 6) is -2.16. The predicted octanol–water partition coefficient (Wildman–Crippen LogP) is 15.2. The first-order chi connectivity index (χ1) is 36.7. The van der Waals surface area contributed by atoms with Crippen LogP contribution in [-0.2, 0) is 65.4 Å². The van der Waals surface area contributed by atoms with Crippen LogP contribution >= 0.6 is 15.6 Å². The summed E-state index contributed by atoms with van der Waals surface area (Å²) in [6, 6.07) is 0. The summed E-state index contributed by atoms with van der Waals surface area (Å²) < 4.78 is 67.4. The second-order valence-corrected chi connectivity index (χ2v) is 23.6. The molecular formula is C57H110O17P2. The zero-order valence-corrected chi connectivity index (χ0v) is 50.0. The highest BCUT2D eigenvalue weighted by atomic mass is 31.2. The molecule has 0 fully saturated rings. The largest absolute Gasteiger partial charge is 0.472 e. The Morgan fingerprint density at radius 2 is 0.526 bits per heavy atom. The fourth-order valence-electron chi connectivity index (χ4n) is 8.40. The van der Waals surface area contributed by atoms with Gasteiger partial charge in [0.25, 0.3) is 0 Å². The summed E-state index contributed by atoms with van der Waals surface area (Å²) in [5, 5.41) is 10.5. The van der Waals surface area contributed by atoms with Crippen LogP contribution in [0.4, 0.5) is 0 Å². The third-order valence-electron chi connectivity index (χ3n) is 13.1. The SMILES string of the molecule is CCCCCCCCCCCCCCCCCC(=O)OC[C@H](COP(=O)(O)OC[C@H](O)COP(=O)(O)OC[C@@H](COC(=O)CCCCCCCCC)OC(=O)CCCCCCCCCC)OC(=O)CCCCCCCC. The smallest absolute Gasteiger partial charge is 0.462 e. The lowest BCUT2D eigenvalue weighted by Crippen LogP contribution is -2.30. The molecular weight excluding hydrogens is 1020 g/mol. The number of unbranched alkanes of at least 4 members (excludes halogenated alkanes) is 32. The molecule has 2 unspecified atom stereocenters. The van der Waals surface area contributed by atoms with Crippen LogP contribution in [0.3, 0.4) is 0 Å². The first-order valence-electron chi connectivity index (χ1n) is 30.3. The first kappa shape index (κ1) is 74.1. The van der Waals surface area contributed by atoms with Crippen LogP contribution in [0, 0.1) is 0 Å². The Labute approximate surface area is 460 Å². The molecule has 0 spiro atoms. The number of esters is 4. The highest BCUT2D eigenvalue weighted by Crippen LogP contribution is 2.45. The first-order valence-corrected chi connectivity index (χ1v) is 33.3. The number of phosphoric ester groups is 2. The van der Waals surface area contributed by atoms with E-state index in [1.54, 1.807) is 0 Å². The van der Waals surface area contributed by atoms with Crippen molar-refractivity contribution in [1.82, 2.24) is 0 Å². The predicted molar refractivity (Wildman–Crippen MR) is 299 cm³/mol. The van der Waals surface area contributed by atoms with Gasteiger partial charge in [0.2, 0.25) is 0 Å². The molecule has 0 aromatic heterocycles. The van der Waals surface area contributed by atoms with Gasteiger partial charge in [-0.2, -0.15) is 0 Å². The summed E-state index contributed by atoms with van der Waals surface area (Å²) in [7, 11) is -9.85. The lowest BCUT2D eigenvalue weighted by Gasteiger charge is -2.21. The van der Waals surface area contributed by atoms with Crippen molar-refractivity contribution in [3.8, 4) is 0 Å². The molecule has 0 heterocycles. The van der Waals surface area contributed by atoms with Crippen LogP contribution in [0.25, 0.3) is 0 Å². The summed E-state index contributed by atoms with van der Waals surface area (Å²) in [5.41, 5.74) is 0. The van der Waals surface area contributed by atoms with Crippen molar-refractivity contribution in [3.05, 3.63) is 0 Å². The highest BCUT2D eigenvalue weighted by molar-refractivity contribution is 7.47. The molecule has 0 saturated heterocycles. The summed E-state index contributed by atoms with van der Waals surface area (Å²) in [6.07, 6.45) is 35.3. The molecule has 0 aliphatic rings. The fraction of sp³-hybridized carbons (Fsp3) is 0.930. The van der Waals surface area contributed by atoms with E-state index in [2.05, 4.69) is 27.7 Å². The van der Waals surface area contributed by atoms with Crippen LogP contribution in [-0.4, -0.2) is 96.7 Å². The third kappa shape index (κ3) is 51.5. The molecule has 450 valence electrons. The standard InChI is InChI=1S/C57H110O17P2/c1-5-9-13-17-21-23-24-25-26-27-28-29-32-35-38-42-55(60)68-47-52(73-56(61)43-39-33-20-16-12-8-4)49-71-75(63,64)69-45-51(58)46-70-76(65,66)72-50-53(48-67-54(59)41-37-34-30-19-15-11-7-3)74-57(62)44-40-36-31-22-18-14-10-6-2/h51-53,58H,5-50H2,1-4H3,(H,63,64)(H,65,66)/t51-,52+,53+/m0/s1. The van der Waals surface area contributed by atoms with Gasteiger partial charge < -0.3 is 33.8 Å². The van der Waals surface area contributed by atoms with Gasteiger partial charge in [-0.3, -0.25) is 37.3 Å². The fourth-order valence-corrected chi connectivity index (χ4v) is 9.98. The summed E-state index contributed by atoms with van der Waals surface area (Å²) >= 11 is 0. The van der Waals surface area contributed by atoms with Crippen molar-refractivity contribution >= 4 is 39.5 Å². The van der Waals surface area contributed by atoms with Crippen molar-refractivity contribution in [2.24, 2.45) is 0 Å². The molecule has 0 radical (unpaired) electrons. The number of carbonyl (C=O) groups excluding carboxylic acids is 4. The molecule has 0 aliphatic carbocycles. The maximum Gasteiger partial charge on any atom is 0.472 e. The van der Waals surface area contributed by atoms with Gasteiger partial charge in [0.05, 0.1) is 26.4 Å². The van der Waals surface area contributed by atoms with Crippen molar-refractivity contribution < 1.29 is 80.2 Å². The van der Waals surface area contributed by atoms with E-state index in [0.29, 0.717) is 25.7 Å². The Bertz CT molecular complexity index is 1490. The molecule has 0 bridgehead atoms. The van der Waals surface area contributed by atoms with Gasteiger partial charge in [-0.1, -0.05) is 233 Å². The van der Waals surface area contributed by atoms with Crippen LogP contribution in [0.15, 0.2) is 0 Å². The summed E-state index contributed by atoms with van der Waals surface area (Å²) in [6.45, 7) is 4.71. The lowest BCUT2D eigenvalue weighted by atomic mass is 10.0. The number of aliphatic hydroxyl groups excluding tert-OH is 1. The topological polar surface area (TPSA) is 237 Å². The normalized spacial score (nSPS) is 14.4. The number of carbonyl (C=O) groups is 4. The van der Waals surface area contributed by atoms with E-state index < -0.39 is 97.5 Å². The van der Waals surface area contributed by atoms with Gasteiger partial charge in [-0.05, 0) is 25.7 Å². The molecule has 0 saturated carbocycles. The third-order valence-corrected chi connectivity index (χ3v) is 15.0. The second-order valence-electron chi connectivity index (χ2n) is 20.7. The van der Waals surface area contributed by atoms with Crippen LogP contribution in [0.5, 0.6) is 0 Å². The average Bonchev–Trinajstić information content (AvgIpc) is 3.39. The molecule has 0 aliphatic heterocycles. The minimum atomic E-state index is -4.93. The van der Waals surface area contributed by atoms with E-state index in [0.717, 1.165) is 116 Å². The second kappa shape index (κ2) is 52.4. The number of ether oxygens (including phenoxy) is 4. The molecule has 76 heavy (non-hydrogen) atoms. The van der Waals surface area contributed by atoms with Crippen LogP contribution < -0.4 is 0 Å². The average molecular weight is 1130 g/mol. The van der Waals surface area contributed by atoms with Crippen molar-refractivity contribution in [2.75, 3.05) is 39.6 Å². The minimum Gasteiger partial charge on any atom is -0.462 e. The maximum absolute atomic E-state index is 12.9. The van der Waals surface area contributed by atoms with E-state index >= 15 is 0 Å². The molecule has 0 amide bonds. The monoisotopic (exact) mass is 1130 g/mol. The van der Waals surface area contributed by atoms with E-state index in [1.807, 2.05) is 0 Å². The molecule has 17 nitrogen and oxygen atoms in total. The van der Waals surface area contributed by atoms with Crippen molar-refractivity contribution in [1.29, 1.82) is 0 Å². The van der Waals surface area contributed by atoms with E-state index in [9.17, 15) is 43.2 Å². The van der Waals surface area contributed by atoms with Crippen molar-refractivity contribution in [3.63, 3.8) is 0 Å².